The molecule has 0 unspecified atom stereocenters. The summed E-state index contributed by atoms with van der Waals surface area (Å²) in [5.74, 6) is -0.0922. The number of H-pyrrole nitrogens is 1. The summed E-state index contributed by atoms with van der Waals surface area (Å²) in [7, 11) is 0. The first-order valence-electron chi connectivity index (χ1n) is 6.43. The summed E-state index contributed by atoms with van der Waals surface area (Å²) in [5.41, 5.74) is 2.60. The Labute approximate surface area is 115 Å². The largest absolute Gasteiger partial charge is 0.350 e. The molecule has 0 radical (unpaired) electrons. The molecule has 3 aromatic rings. The van der Waals surface area contributed by atoms with E-state index in [1.165, 1.54) is 0 Å². The van der Waals surface area contributed by atoms with Crippen molar-refractivity contribution in [3.8, 4) is 0 Å². The molecule has 20 heavy (non-hydrogen) atoms. The predicted octanol–water partition coefficient (Wildman–Crippen LogP) is 1.50. The molecule has 1 amide bonds. The van der Waals surface area contributed by atoms with Crippen molar-refractivity contribution in [1.29, 1.82) is 0 Å². The molecule has 102 valence electrons. The molecular formula is C14H15N5O. The molecule has 0 aliphatic carbocycles. The quantitative estimate of drug-likeness (QED) is 0.753. The van der Waals surface area contributed by atoms with Gasteiger partial charge in [-0.1, -0.05) is 6.07 Å². The zero-order chi connectivity index (χ0) is 13.9. The van der Waals surface area contributed by atoms with Crippen LogP contribution in [-0.4, -0.2) is 32.4 Å². The lowest BCUT2D eigenvalue weighted by Crippen LogP contribution is -2.27. The SMILES string of the molecule is Cc1cnn(CCNC(=O)c2ccc3cn[nH]c3c2)c1. The smallest absolute Gasteiger partial charge is 0.251 e. The summed E-state index contributed by atoms with van der Waals surface area (Å²) >= 11 is 0. The molecule has 2 N–H and O–H groups in total. The Hall–Kier alpha value is -2.63. The first kappa shape index (κ1) is 12.4. The van der Waals surface area contributed by atoms with Crippen molar-refractivity contribution >= 4 is 16.8 Å². The normalized spacial score (nSPS) is 10.8. The van der Waals surface area contributed by atoms with E-state index in [2.05, 4.69) is 20.6 Å². The monoisotopic (exact) mass is 269 g/mol. The third-order valence-corrected chi connectivity index (χ3v) is 3.09. The van der Waals surface area contributed by atoms with E-state index in [1.807, 2.05) is 23.9 Å². The summed E-state index contributed by atoms with van der Waals surface area (Å²) in [6.07, 6.45) is 5.48. The van der Waals surface area contributed by atoms with Crippen molar-refractivity contribution in [2.75, 3.05) is 6.54 Å². The Morgan fingerprint density at radius 1 is 1.40 bits per heavy atom. The maximum absolute atomic E-state index is 12.0. The Bertz CT molecular complexity index is 743. The summed E-state index contributed by atoms with van der Waals surface area (Å²) in [6, 6.07) is 5.48. The topological polar surface area (TPSA) is 75.6 Å². The highest BCUT2D eigenvalue weighted by Gasteiger charge is 2.06. The van der Waals surface area contributed by atoms with Crippen LogP contribution in [0.3, 0.4) is 0 Å². The Balaban J connectivity index is 1.61. The second-order valence-corrected chi connectivity index (χ2v) is 4.71. The van der Waals surface area contributed by atoms with Crippen molar-refractivity contribution in [1.82, 2.24) is 25.3 Å². The number of carbonyl (C=O) groups is 1. The minimum Gasteiger partial charge on any atom is -0.350 e. The van der Waals surface area contributed by atoms with Gasteiger partial charge >= 0.3 is 0 Å². The molecule has 0 fully saturated rings. The number of benzene rings is 1. The van der Waals surface area contributed by atoms with Gasteiger partial charge in [0.25, 0.3) is 5.91 Å². The van der Waals surface area contributed by atoms with E-state index < -0.39 is 0 Å². The number of carbonyl (C=O) groups excluding carboxylic acids is 1. The maximum Gasteiger partial charge on any atom is 0.251 e. The number of nitrogens with zero attached hydrogens (tertiary/aromatic N) is 3. The highest BCUT2D eigenvalue weighted by molar-refractivity contribution is 5.97. The van der Waals surface area contributed by atoms with Gasteiger partial charge in [-0.15, -0.1) is 0 Å². The van der Waals surface area contributed by atoms with Gasteiger partial charge in [0, 0.05) is 23.7 Å². The van der Waals surface area contributed by atoms with Gasteiger partial charge in [-0.3, -0.25) is 14.6 Å². The fraction of sp³-hybridized carbons (Fsp3) is 0.214. The summed E-state index contributed by atoms with van der Waals surface area (Å²) in [6.45, 7) is 3.19. The second kappa shape index (κ2) is 5.16. The van der Waals surface area contributed by atoms with Crippen LogP contribution >= 0.6 is 0 Å². The van der Waals surface area contributed by atoms with Crippen LogP contribution in [0.2, 0.25) is 0 Å². The lowest BCUT2D eigenvalue weighted by Gasteiger charge is -2.05. The van der Waals surface area contributed by atoms with E-state index in [4.69, 9.17) is 0 Å². The number of hydrogen-bond acceptors (Lipinski definition) is 3. The molecule has 1 aromatic carbocycles. The molecule has 6 nitrogen and oxygen atoms in total. The van der Waals surface area contributed by atoms with E-state index in [9.17, 15) is 4.79 Å². The Morgan fingerprint density at radius 2 is 2.30 bits per heavy atom. The van der Waals surface area contributed by atoms with Crippen LogP contribution in [0.1, 0.15) is 15.9 Å². The molecule has 0 spiro atoms. The first-order chi connectivity index (χ1) is 9.72. The molecule has 0 aliphatic rings. The average molecular weight is 269 g/mol. The number of rotatable bonds is 4. The molecule has 2 aromatic heterocycles. The number of aromatic nitrogens is 4. The van der Waals surface area contributed by atoms with Gasteiger partial charge in [-0.05, 0) is 24.6 Å². The van der Waals surface area contributed by atoms with Gasteiger partial charge < -0.3 is 5.32 Å². The first-order valence-corrected chi connectivity index (χ1v) is 6.43. The number of hydrogen-bond donors (Lipinski definition) is 2. The number of aryl methyl sites for hydroxylation is 1. The van der Waals surface area contributed by atoms with Crippen molar-refractivity contribution in [3.63, 3.8) is 0 Å². The zero-order valence-corrected chi connectivity index (χ0v) is 11.1. The fourth-order valence-corrected chi connectivity index (χ4v) is 2.05. The molecule has 0 atom stereocenters. The van der Waals surface area contributed by atoms with Crippen LogP contribution in [0.15, 0.2) is 36.8 Å². The lowest BCUT2D eigenvalue weighted by molar-refractivity contribution is 0.0952. The van der Waals surface area contributed by atoms with Crippen LogP contribution in [0.4, 0.5) is 0 Å². The predicted molar refractivity (Wildman–Crippen MR) is 75.4 cm³/mol. The van der Waals surface area contributed by atoms with Gasteiger partial charge in [0.15, 0.2) is 0 Å². The second-order valence-electron chi connectivity index (χ2n) is 4.71. The van der Waals surface area contributed by atoms with Gasteiger partial charge in [-0.2, -0.15) is 10.2 Å². The molecule has 6 heteroatoms. The van der Waals surface area contributed by atoms with E-state index in [0.29, 0.717) is 18.7 Å². The molecule has 0 saturated heterocycles. The lowest BCUT2D eigenvalue weighted by atomic mass is 10.1. The van der Waals surface area contributed by atoms with E-state index >= 15 is 0 Å². The number of nitrogens with one attached hydrogen (secondary N) is 2. The Kier molecular flexibility index (Phi) is 3.20. The summed E-state index contributed by atoms with van der Waals surface area (Å²) in [4.78, 5) is 12.0. The van der Waals surface area contributed by atoms with E-state index in [0.717, 1.165) is 16.5 Å². The minimum absolute atomic E-state index is 0.0922. The molecular weight excluding hydrogens is 254 g/mol. The maximum atomic E-state index is 12.0. The van der Waals surface area contributed by atoms with Gasteiger partial charge in [0.1, 0.15) is 0 Å². The molecule has 0 saturated carbocycles. The summed E-state index contributed by atoms with van der Waals surface area (Å²) in [5, 5.41) is 14.8. The minimum atomic E-state index is -0.0922. The van der Waals surface area contributed by atoms with Gasteiger partial charge in [-0.25, -0.2) is 0 Å². The number of fused-ring (bicyclic) bond motifs is 1. The fourth-order valence-electron chi connectivity index (χ4n) is 2.05. The number of amides is 1. The Morgan fingerprint density at radius 3 is 3.10 bits per heavy atom. The van der Waals surface area contributed by atoms with Crippen LogP contribution < -0.4 is 5.32 Å². The highest BCUT2D eigenvalue weighted by Crippen LogP contribution is 2.12. The van der Waals surface area contributed by atoms with Crippen molar-refractivity contribution in [2.45, 2.75) is 13.5 Å². The summed E-state index contributed by atoms with van der Waals surface area (Å²) < 4.78 is 1.81. The molecule has 0 aliphatic heterocycles. The van der Waals surface area contributed by atoms with Gasteiger partial charge in [0.05, 0.1) is 24.5 Å². The van der Waals surface area contributed by atoms with Crippen molar-refractivity contribution < 1.29 is 4.79 Å². The average Bonchev–Trinajstić information content (AvgIpc) is 3.06. The molecule has 0 bridgehead atoms. The van der Waals surface area contributed by atoms with Crippen molar-refractivity contribution in [3.05, 3.63) is 47.9 Å². The van der Waals surface area contributed by atoms with Gasteiger partial charge in [0.2, 0.25) is 0 Å². The van der Waals surface area contributed by atoms with Crippen LogP contribution in [-0.2, 0) is 6.54 Å². The van der Waals surface area contributed by atoms with Crippen molar-refractivity contribution in [2.24, 2.45) is 0 Å². The standard InChI is InChI=1S/C14H15N5O/c1-10-7-17-19(9-10)5-4-15-14(20)11-2-3-12-8-16-18-13(12)6-11/h2-3,6-9H,4-5H2,1H3,(H,15,20)(H,16,18). The zero-order valence-electron chi connectivity index (χ0n) is 11.1. The highest BCUT2D eigenvalue weighted by atomic mass is 16.1. The third kappa shape index (κ3) is 2.54. The number of aromatic amines is 1. The molecule has 3 rings (SSSR count). The van der Waals surface area contributed by atoms with E-state index in [-0.39, 0.29) is 5.91 Å². The van der Waals surface area contributed by atoms with Crippen LogP contribution in [0, 0.1) is 6.92 Å². The third-order valence-electron chi connectivity index (χ3n) is 3.09. The van der Waals surface area contributed by atoms with E-state index in [1.54, 1.807) is 24.5 Å². The van der Waals surface area contributed by atoms with Crippen LogP contribution in [0.25, 0.3) is 10.9 Å². The molecule has 2 heterocycles. The van der Waals surface area contributed by atoms with Crippen LogP contribution in [0.5, 0.6) is 0 Å².